The SMILES string of the molecule is COCC(=O)N(C)Cc1ccc(CN2C[C@@H](C)O[C@@H](C)C2)cc1. The van der Waals surface area contributed by atoms with Gasteiger partial charge >= 0.3 is 0 Å². The van der Waals surface area contributed by atoms with Gasteiger partial charge in [-0.05, 0) is 25.0 Å². The molecule has 1 aromatic rings. The van der Waals surface area contributed by atoms with Gasteiger partial charge in [0.2, 0.25) is 5.91 Å². The number of hydrogen-bond donors (Lipinski definition) is 0. The van der Waals surface area contributed by atoms with Crippen LogP contribution in [0, 0.1) is 0 Å². The zero-order chi connectivity index (χ0) is 16.8. The zero-order valence-electron chi connectivity index (χ0n) is 14.6. The van der Waals surface area contributed by atoms with E-state index in [0.717, 1.165) is 25.2 Å². The lowest BCUT2D eigenvalue weighted by atomic mass is 10.1. The van der Waals surface area contributed by atoms with Crippen LogP contribution in [0.2, 0.25) is 0 Å². The summed E-state index contributed by atoms with van der Waals surface area (Å²) in [7, 11) is 3.33. The maximum absolute atomic E-state index is 11.7. The first-order valence-electron chi connectivity index (χ1n) is 8.16. The minimum atomic E-state index is -0.00660. The molecule has 0 unspecified atom stereocenters. The van der Waals surface area contributed by atoms with Crippen LogP contribution in [-0.2, 0) is 27.4 Å². The van der Waals surface area contributed by atoms with E-state index in [1.807, 2.05) is 0 Å². The molecular formula is C18H28N2O3. The lowest BCUT2D eigenvalue weighted by Crippen LogP contribution is -2.44. The molecule has 128 valence electrons. The molecule has 23 heavy (non-hydrogen) atoms. The number of carbonyl (C=O) groups is 1. The first-order chi connectivity index (χ1) is 11.0. The first kappa shape index (κ1) is 17.9. The summed E-state index contributed by atoms with van der Waals surface area (Å²) in [4.78, 5) is 15.8. The molecule has 1 saturated heterocycles. The number of benzene rings is 1. The van der Waals surface area contributed by atoms with Crippen molar-refractivity contribution in [2.45, 2.75) is 39.1 Å². The highest BCUT2D eigenvalue weighted by molar-refractivity contribution is 5.77. The predicted octanol–water partition coefficient (Wildman–Crippen LogP) is 1.90. The van der Waals surface area contributed by atoms with Crippen molar-refractivity contribution in [2.24, 2.45) is 0 Å². The van der Waals surface area contributed by atoms with Gasteiger partial charge in [-0.1, -0.05) is 24.3 Å². The van der Waals surface area contributed by atoms with E-state index in [9.17, 15) is 4.79 Å². The molecule has 1 aliphatic rings. The second-order valence-electron chi connectivity index (χ2n) is 6.45. The van der Waals surface area contributed by atoms with Crippen LogP contribution >= 0.6 is 0 Å². The van der Waals surface area contributed by atoms with Gasteiger partial charge in [0.1, 0.15) is 6.61 Å². The Hall–Kier alpha value is -1.43. The van der Waals surface area contributed by atoms with E-state index in [1.54, 1.807) is 11.9 Å². The summed E-state index contributed by atoms with van der Waals surface area (Å²) in [5.41, 5.74) is 2.42. The molecule has 5 nitrogen and oxygen atoms in total. The van der Waals surface area contributed by atoms with Crippen molar-refractivity contribution < 1.29 is 14.3 Å². The van der Waals surface area contributed by atoms with Crippen LogP contribution in [0.3, 0.4) is 0 Å². The first-order valence-corrected chi connectivity index (χ1v) is 8.16. The van der Waals surface area contributed by atoms with Gasteiger partial charge in [-0.25, -0.2) is 0 Å². The summed E-state index contributed by atoms with van der Waals surface area (Å²) < 4.78 is 10.6. The summed E-state index contributed by atoms with van der Waals surface area (Å²) in [5.74, 6) is -0.00660. The molecule has 0 radical (unpaired) electrons. The average molecular weight is 320 g/mol. The summed E-state index contributed by atoms with van der Waals surface area (Å²) in [6.45, 7) is 7.87. The summed E-state index contributed by atoms with van der Waals surface area (Å²) in [6.07, 6.45) is 0.580. The van der Waals surface area contributed by atoms with Crippen molar-refractivity contribution in [2.75, 3.05) is 33.9 Å². The van der Waals surface area contributed by atoms with E-state index >= 15 is 0 Å². The van der Waals surface area contributed by atoms with E-state index in [4.69, 9.17) is 9.47 Å². The molecule has 1 heterocycles. The van der Waals surface area contributed by atoms with Gasteiger partial charge in [0.05, 0.1) is 12.2 Å². The van der Waals surface area contributed by atoms with Crippen LogP contribution in [-0.4, -0.2) is 61.8 Å². The van der Waals surface area contributed by atoms with E-state index in [-0.39, 0.29) is 12.5 Å². The normalized spacial score (nSPS) is 22.1. The minimum Gasteiger partial charge on any atom is -0.375 e. The number of morpholine rings is 1. The summed E-state index contributed by atoms with van der Waals surface area (Å²) >= 11 is 0. The van der Waals surface area contributed by atoms with Crippen molar-refractivity contribution in [3.05, 3.63) is 35.4 Å². The summed E-state index contributed by atoms with van der Waals surface area (Å²) in [6, 6.07) is 8.49. The van der Waals surface area contributed by atoms with Crippen LogP contribution in [0.1, 0.15) is 25.0 Å². The topological polar surface area (TPSA) is 42.0 Å². The van der Waals surface area contributed by atoms with Crippen molar-refractivity contribution >= 4 is 5.91 Å². The largest absolute Gasteiger partial charge is 0.375 e. The van der Waals surface area contributed by atoms with E-state index in [1.165, 1.54) is 12.7 Å². The smallest absolute Gasteiger partial charge is 0.248 e. The number of ether oxygens (including phenoxy) is 2. The highest BCUT2D eigenvalue weighted by Gasteiger charge is 2.21. The van der Waals surface area contributed by atoms with Gasteiger partial charge in [0, 0.05) is 40.3 Å². The Morgan fingerprint density at radius 2 is 1.78 bits per heavy atom. The number of amides is 1. The quantitative estimate of drug-likeness (QED) is 0.803. The van der Waals surface area contributed by atoms with Crippen molar-refractivity contribution in [1.82, 2.24) is 9.80 Å². The fourth-order valence-electron chi connectivity index (χ4n) is 3.02. The third-order valence-corrected chi connectivity index (χ3v) is 4.04. The second kappa shape index (κ2) is 8.43. The van der Waals surface area contributed by atoms with Crippen LogP contribution in [0.15, 0.2) is 24.3 Å². The fourth-order valence-corrected chi connectivity index (χ4v) is 3.02. The van der Waals surface area contributed by atoms with Crippen molar-refractivity contribution in [3.8, 4) is 0 Å². The lowest BCUT2D eigenvalue weighted by Gasteiger charge is -2.35. The number of carbonyl (C=O) groups excluding carboxylic acids is 1. The Balaban J connectivity index is 1.88. The maximum Gasteiger partial charge on any atom is 0.248 e. The number of nitrogens with zero attached hydrogens (tertiary/aromatic N) is 2. The molecule has 1 aromatic carbocycles. The molecule has 5 heteroatoms. The molecule has 0 spiro atoms. The Morgan fingerprint density at radius 1 is 1.22 bits per heavy atom. The predicted molar refractivity (Wildman–Crippen MR) is 90.1 cm³/mol. The number of rotatable bonds is 6. The third kappa shape index (κ3) is 5.61. The molecule has 0 saturated carbocycles. The van der Waals surface area contributed by atoms with Gasteiger partial charge in [0.25, 0.3) is 0 Å². The molecule has 0 bridgehead atoms. The van der Waals surface area contributed by atoms with Crippen LogP contribution < -0.4 is 0 Å². The number of hydrogen-bond acceptors (Lipinski definition) is 4. The maximum atomic E-state index is 11.7. The minimum absolute atomic E-state index is 0.00660. The van der Waals surface area contributed by atoms with Crippen LogP contribution in [0.25, 0.3) is 0 Å². The fraction of sp³-hybridized carbons (Fsp3) is 0.611. The Morgan fingerprint density at radius 3 is 2.35 bits per heavy atom. The molecule has 0 aliphatic carbocycles. The second-order valence-corrected chi connectivity index (χ2v) is 6.45. The van der Waals surface area contributed by atoms with Crippen LogP contribution in [0.5, 0.6) is 0 Å². The molecule has 0 N–H and O–H groups in total. The Labute approximate surface area is 139 Å². The van der Waals surface area contributed by atoms with E-state index in [0.29, 0.717) is 18.8 Å². The molecule has 1 fully saturated rings. The molecule has 2 rings (SSSR count). The molecule has 1 amide bonds. The van der Waals surface area contributed by atoms with Gasteiger partial charge in [0.15, 0.2) is 0 Å². The Kier molecular flexibility index (Phi) is 6.57. The van der Waals surface area contributed by atoms with Crippen LogP contribution in [0.4, 0.5) is 0 Å². The third-order valence-electron chi connectivity index (χ3n) is 4.04. The van der Waals surface area contributed by atoms with E-state index in [2.05, 4.69) is 43.0 Å². The van der Waals surface area contributed by atoms with Gasteiger partial charge in [-0.15, -0.1) is 0 Å². The molecule has 1 aliphatic heterocycles. The highest BCUT2D eigenvalue weighted by atomic mass is 16.5. The standard InChI is InChI=1S/C18H28N2O3/c1-14-9-20(10-15(2)23-14)12-17-7-5-16(6-8-17)11-19(3)18(21)13-22-4/h5-8,14-15H,9-13H2,1-4H3/t14-,15+. The Bertz CT molecular complexity index is 493. The van der Waals surface area contributed by atoms with Gasteiger partial charge < -0.3 is 14.4 Å². The van der Waals surface area contributed by atoms with E-state index < -0.39 is 0 Å². The molecule has 0 aromatic heterocycles. The monoisotopic (exact) mass is 320 g/mol. The zero-order valence-corrected chi connectivity index (χ0v) is 14.6. The summed E-state index contributed by atoms with van der Waals surface area (Å²) in [5, 5.41) is 0. The van der Waals surface area contributed by atoms with Gasteiger partial charge in [-0.2, -0.15) is 0 Å². The van der Waals surface area contributed by atoms with Crippen molar-refractivity contribution in [3.63, 3.8) is 0 Å². The average Bonchev–Trinajstić information content (AvgIpc) is 2.48. The lowest BCUT2D eigenvalue weighted by molar-refractivity contribution is -0.134. The van der Waals surface area contributed by atoms with Crippen molar-refractivity contribution in [1.29, 1.82) is 0 Å². The highest BCUT2D eigenvalue weighted by Crippen LogP contribution is 2.15. The number of methoxy groups -OCH3 is 1. The number of likely N-dealkylation sites (N-methyl/N-ethyl adjacent to an activating group) is 1. The molecule has 2 atom stereocenters. The molecular weight excluding hydrogens is 292 g/mol. The van der Waals surface area contributed by atoms with Gasteiger partial charge in [-0.3, -0.25) is 9.69 Å².